The minimum atomic E-state index is 0.473. The van der Waals surface area contributed by atoms with E-state index in [1.54, 1.807) is 6.20 Å². The van der Waals surface area contributed by atoms with Crippen LogP contribution in [-0.4, -0.2) is 19.9 Å². The molecule has 4 aromatic rings. The van der Waals surface area contributed by atoms with Crippen molar-refractivity contribution >= 4 is 11.6 Å². The summed E-state index contributed by atoms with van der Waals surface area (Å²) in [4.78, 5) is 4.56. The molecule has 0 amide bonds. The van der Waals surface area contributed by atoms with Gasteiger partial charge in [-0.1, -0.05) is 48.3 Å². The maximum absolute atomic E-state index is 5.94. The largest absolute Gasteiger partial charge is 0.333 e. The van der Waals surface area contributed by atoms with Crippen molar-refractivity contribution < 1.29 is 4.52 Å². The normalized spacial score (nSPS) is 11.0. The van der Waals surface area contributed by atoms with Crippen molar-refractivity contribution in [3.8, 4) is 28.5 Å². The number of nitrogens with zero attached hydrogens (tertiary/aromatic N) is 4. The van der Waals surface area contributed by atoms with E-state index in [1.807, 2.05) is 59.3 Å². The molecule has 0 bridgehead atoms. The van der Waals surface area contributed by atoms with Crippen LogP contribution >= 0.6 is 11.6 Å². The second-order valence-corrected chi connectivity index (χ2v) is 6.37. The summed E-state index contributed by atoms with van der Waals surface area (Å²) in [5, 5.41) is 9.33. The van der Waals surface area contributed by atoms with E-state index in [2.05, 4.69) is 22.2 Å². The predicted octanol–water partition coefficient (Wildman–Crippen LogP) is 5.20. The molecule has 0 aliphatic rings. The smallest absolute Gasteiger partial charge is 0.261 e. The Morgan fingerprint density at radius 3 is 2.54 bits per heavy atom. The van der Waals surface area contributed by atoms with Crippen LogP contribution in [0.25, 0.3) is 28.5 Å². The third-order valence-corrected chi connectivity index (χ3v) is 4.37. The summed E-state index contributed by atoms with van der Waals surface area (Å²) in [6.45, 7) is 2.14. The lowest BCUT2D eigenvalue weighted by Crippen LogP contribution is -2.02. The average molecular weight is 365 g/mol. The van der Waals surface area contributed by atoms with Gasteiger partial charge in [0, 0.05) is 10.6 Å². The van der Waals surface area contributed by atoms with Gasteiger partial charge in [0.15, 0.2) is 0 Å². The van der Waals surface area contributed by atoms with E-state index >= 15 is 0 Å². The topological polar surface area (TPSA) is 56.7 Å². The Morgan fingerprint density at radius 1 is 1.04 bits per heavy atom. The summed E-state index contributed by atoms with van der Waals surface area (Å²) in [6, 6.07) is 17.4. The Hall–Kier alpha value is -2.92. The summed E-state index contributed by atoms with van der Waals surface area (Å²) in [7, 11) is 0. The molecule has 5 nitrogen and oxygen atoms in total. The molecule has 0 radical (unpaired) electrons. The van der Waals surface area contributed by atoms with E-state index < -0.39 is 0 Å². The third-order valence-electron chi connectivity index (χ3n) is 4.12. The standard InChI is InChI=1S/C20H17ClN4O/c1-2-6-18-17(13-22-25(18)16-7-4-3-5-8-16)20-23-19(24-26-20)14-9-11-15(21)12-10-14/h3-5,7-13H,2,6H2,1H3. The highest BCUT2D eigenvalue weighted by atomic mass is 35.5. The minimum Gasteiger partial charge on any atom is -0.333 e. The Bertz CT molecular complexity index is 1010. The molecular formula is C20H17ClN4O. The van der Waals surface area contributed by atoms with E-state index in [0.29, 0.717) is 16.7 Å². The number of hydrogen-bond donors (Lipinski definition) is 0. The summed E-state index contributed by atoms with van der Waals surface area (Å²) in [5.41, 5.74) is 3.80. The van der Waals surface area contributed by atoms with Crippen LogP contribution in [0.1, 0.15) is 19.0 Å². The van der Waals surface area contributed by atoms with Crippen molar-refractivity contribution in [2.24, 2.45) is 0 Å². The molecule has 4 rings (SSSR count). The molecular weight excluding hydrogens is 348 g/mol. The number of aromatic nitrogens is 4. The maximum atomic E-state index is 5.94. The first-order chi connectivity index (χ1) is 12.8. The van der Waals surface area contributed by atoms with Crippen LogP contribution in [0.4, 0.5) is 0 Å². The highest BCUT2D eigenvalue weighted by molar-refractivity contribution is 6.30. The van der Waals surface area contributed by atoms with Gasteiger partial charge in [0.25, 0.3) is 5.89 Å². The summed E-state index contributed by atoms with van der Waals surface area (Å²) in [5.74, 6) is 1.01. The second-order valence-electron chi connectivity index (χ2n) is 5.93. The van der Waals surface area contributed by atoms with Crippen molar-refractivity contribution in [1.29, 1.82) is 0 Å². The monoisotopic (exact) mass is 364 g/mol. The zero-order valence-corrected chi connectivity index (χ0v) is 15.0. The fourth-order valence-electron chi connectivity index (χ4n) is 2.87. The number of rotatable bonds is 5. The van der Waals surface area contributed by atoms with Gasteiger partial charge < -0.3 is 4.52 Å². The van der Waals surface area contributed by atoms with E-state index in [-0.39, 0.29) is 0 Å². The minimum absolute atomic E-state index is 0.473. The van der Waals surface area contributed by atoms with Crippen molar-refractivity contribution in [2.45, 2.75) is 19.8 Å². The summed E-state index contributed by atoms with van der Waals surface area (Å²) >= 11 is 5.94. The van der Waals surface area contributed by atoms with Gasteiger partial charge >= 0.3 is 0 Å². The van der Waals surface area contributed by atoms with Crippen molar-refractivity contribution in [3.05, 3.63) is 71.5 Å². The van der Waals surface area contributed by atoms with Gasteiger partial charge in [0.1, 0.15) is 0 Å². The molecule has 0 atom stereocenters. The van der Waals surface area contributed by atoms with E-state index in [0.717, 1.165) is 35.3 Å². The van der Waals surface area contributed by atoms with Gasteiger partial charge in [0.2, 0.25) is 5.82 Å². The zero-order chi connectivity index (χ0) is 17.9. The predicted molar refractivity (Wildman–Crippen MR) is 101 cm³/mol. The Labute approximate surface area is 156 Å². The van der Waals surface area contributed by atoms with Gasteiger partial charge in [-0.05, 0) is 42.8 Å². The Kier molecular flexibility index (Phi) is 4.54. The van der Waals surface area contributed by atoms with Crippen LogP contribution in [0.15, 0.2) is 65.3 Å². The molecule has 6 heteroatoms. The van der Waals surface area contributed by atoms with E-state index in [1.165, 1.54) is 0 Å². The number of benzene rings is 2. The molecule has 0 saturated heterocycles. The molecule has 0 unspecified atom stereocenters. The molecule has 2 aromatic carbocycles. The molecule has 26 heavy (non-hydrogen) atoms. The van der Waals surface area contributed by atoms with Gasteiger partial charge in [0.05, 0.1) is 23.1 Å². The van der Waals surface area contributed by atoms with Crippen LogP contribution < -0.4 is 0 Å². The quantitative estimate of drug-likeness (QED) is 0.488. The molecule has 0 N–H and O–H groups in total. The highest BCUT2D eigenvalue weighted by Crippen LogP contribution is 2.28. The molecule has 130 valence electrons. The van der Waals surface area contributed by atoms with Gasteiger partial charge in [-0.2, -0.15) is 10.1 Å². The number of halogens is 1. The van der Waals surface area contributed by atoms with Gasteiger partial charge in [-0.3, -0.25) is 0 Å². The van der Waals surface area contributed by atoms with Crippen LogP contribution in [0.5, 0.6) is 0 Å². The molecule has 0 aliphatic heterocycles. The van der Waals surface area contributed by atoms with E-state index in [4.69, 9.17) is 16.1 Å². The lowest BCUT2D eigenvalue weighted by atomic mass is 10.1. The fourth-order valence-corrected chi connectivity index (χ4v) is 3.00. The van der Waals surface area contributed by atoms with Crippen molar-refractivity contribution in [3.63, 3.8) is 0 Å². The molecule has 2 aromatic heterocycles. The SMILES string of the molecule is CCCc1c(-c2nc(-c3ccc(Cl)cc3)no2)cnn1-c1ccccc1. The fraction of sp³-hybridized carbons (Fsp3) is 0.150. The molecule has 0 fully saturated rings. The molecule has 0 aliphatic carbocycles. The first-order valence-electron chi connectivity index (χ1n) is 8.48. The second kappa shape index (κ2) is 7.14. The van der Waals surface area contributed by atoms with Crippen LogP contribution in [0, 0.1) is 0 Å². The lowest BCUT2D eigenvalue weighted by molar-refractivity contribution is 0.432. The molecule has 2 heterocycles. The third kappa shape index (κ3) is 3.13. The van der Waals surface area contributed by atoms with Crippen LogP contribution in [0.3, 0.4) is 0 Å². The number of para-hydroxylation sites is 1. The van der Waals surface area contributed by atoms with Crippen LogP contribution in [-0.2, 0) is 6.42 Å². The zero-order valence-electron chi connectivity index (χ0n) is 14.3. The molecule has 0 saturated carbocycles. The van der Waals surface area contributed by atoms with Crippen molar-refractivity contribution in [2.75, 3.05) is 0 Å². The van der Waals surface area contributed by atoms with Crippen LogP contribution in [0.2, 0.25) is 5.02 Å². The number of hydrogen-bond acceptors (Lipinski definition) is 4. The average Bonchev–Trinajstić information content (AvgIpc) is 3.31. The Morgan fingerprint density at radius 2 is 1.81 bits per heavy atom. The summed E-state index contributed by atoms with van der Waals surface area (Å²) in [6.07, 6.45) is 3.64. The first kappa shape index (κ1) is 16.5. The van der Waals surface area contributed by atoms with Gasteiger partial charge in [-0.25, -0.2) is 4.68 Å². The highest BCUT2D eigenvalue weighted by Gasteiger charge is 2.19. The lowest BCUT2D eigenvalue weighted by Gasteiger charge is -2.07. The van der Waals surface area contributed by atoms with Crippen molar-refractivity contribution in [1.82, 2.24) is 19.9 Å². The summed E-state index contributed by atoms with van der Waals surface area (Å²) < 4.78 is 7.46. The molecule has 0 spiro atoms. The maximum Gasteiger partial charge on any atom is 0.261 e. The Balaban J connectivity index is 1.74. The first-order valence-corrected chi connectivity index (χ1v) is 8.86. The van der Waals surface area contributed by atoms with E-state index in [9.17, 15) is 0 Å². The van der Waals surface area contributed by atoms with Gasteiger partial charge in [-0.15, -0.1) is 0 Å².